The molecule has 112 valence electrons. The van der Waals surface area contributed by atoms with E-state index in [1.807, 2.05) is 6.07 Å². The molecule has 2 rings (SSSR count). The van der Waals surface area contributed by atoms with Crippen LogP contribution in [0.5, 0.6) is 0 Å². The van der Waals surface area contributed by atoms with Gasteiger partial charge in [0.25, 0.3) is 5.56 Å². The van der Waals surface area contributed by atoms with E-state index in [-0.39, 0.29) is 11.4 Å². The maximum Gasteiger partial charge on any atom is 0.250 e. The maximum absolute atomic E-state index is 13.5. The molecule has 0 aliphatic heterocycles. The summed E-state index contributed by atoms with van der Waals surface area (Å²) in [6.45, 7) is 3.22. The third-order valence-corrected chi connectivity index (χ3v) is 3.25. The molecule has 0 fully saturated rings. The van der Waals surface area contributed by atoms with Crippen molar-refractivity contribution in [2.24, 2.45) is 0 Å². The molecular formula is C16H19FN2O2. The Balaban J connectivity index is 2.05. The lowest BCUT2D eigenvalue weighted by atomic mass is 10.1. The van der Waals surface area contributed by atoms with Crippen LogP contribution < -0.4 is 10.9 Å². The van der Waals surface area contributed by atoms with Gasteiger partial charge in [-0.25, -0.2) is 4.39 Å². The second-order valence-corrected chi connectivity index (χ2v) is 4.88. The van der Waals surface area contributed by atoms with Crippen molar-refractivity contribution >= 4 is 5.69 Å². The fourth-order valence-corrected chi connectivity index (χ4v) is 1.95. The summed E-state index contributed by atoms with van der Waals surface area (Å²) in [5.74, 6) is -0.209. The molecule has 0 atom stereocenters. The highest BCUT2D eigenvalue weighted by Gasteiger charge is 2.01. The average molecular weight is 290 g/mol. The third-order valence-electron chi connectivity index (χ3n) is 3.25. The zero-order valence-electron chi connectivity index (χ0n) is 12.2. The van der Waals surface area contributed by atoms with E-state index in [4.69, 9.17) is 4.74 Å². The van der Waals surface area contributed by atoms with E-state index in [9.17, 15) is 9.18 Å². The highest BCUT2D eigenvalue weighted by molar-refractivity contribution is 5.41. The summed E-state index contributed by atoms with van der Waals surface area (Å²) in [6.07, 6.45) is 1.74. The number of nitrogens with zero attached hydrogens (tertiary/aromatic N) is 1. The van der Waals surface area contributed by atoms with Crippen LogP contribution in [0.3, 0.4) is 0 Å². The number of rotatable bonds is 6. The second kappa shape index (κ2) is 7.04. The van der Waals surface area contributed by atoms with Crippen molar-refractivity contribution in [2.45, 2.75) is 20.0 Å². The molecule has 0 amide bonds. The predicted molar refractivity (Wildman–Crippen MR) is 81.0 cm³/mol. The van der Waals surface area contributed by atoms with Crippen LogP contribution in [0.25, 0.3) is 0 Å². The largest absolute Gasteiger partial charge is 0.383 e. The Morgan fingerprint density at radius 1 is 1.29 bits per heavy atom. The number of nitrogens with one attached hydrogen (secondary N) is 1. The van der Waals surface area contributed by atoms with Crippen molar-refractivity contribution in [1.29, 1.82) is 0 Å². The van der Waals surface area contributed by atoms with Crippen LogP contribution in [-0.2, 0) is 17.8 Å². The topological polar surface area (TPSA) is 43.3 Å². The lowest BCUT2D eigenvalue weighted by molar-refractivity contribution is 0.186. The molecule has 4 nitrogen and oxygen atoms in total. The predicted octanol–water partition coefficient (Wildman–Crippen LogP) is 2.55. The first kappa shape index (κ1) is 15.3. The molecule has 0 aliphatic rings. The molecule has 21 heavy (non-hydrogen) atoms. The van der Waals surface area contributed by atoms with Crippen LogP contribution >= 0.6 is 0 Å². The first-order chi connectivity index (χ1) is 10.1. The van der Waals surface area contributed by atoms with Gasteiger partial charge in [-0.2, -0.15) is 0 Å². The molecule has 0 saturated heterocycles. The molecule has 1 heterocycles. The monoisotopic (exact) mass is 290 g/mol. The van der Waals surface area contributed by atoms with Crippen molar-refractivity contribution in [1.82, 2.24) is 4.57 Å². The number of aryl methyl sites for hydroxylation is 1. The molecule has 0 spiro atoms. The SMILES string of the molecule is COCCn1cc(NCc2ccc(C)c(F)c2)ccc1=O. The number of aromatic nitrogens is 1. The molecule has 2 aromatic rings. The van der Waals surface area contributed by atoms with Crippen LogP contribution in [0.2, 0.25) is 0 Å². The molecule has 5 heteroatoms. The van der Waals surface area contributed by atoms with Gasteiger partial charge >= 0.3 is 0 Å². The second-order valence-electron chi connectivity index (χ2n) is 4.88. The molecule has 0 unspecified atom stereocenters. The van der Waals surface area contributed by atoms with E-state index >= 15 is 0 Å². The summed E-state index contributed by atoms with van der Waals surface area (Å²) in [6, 6.07) is 8.38. The van der Waals surface area contributed by atoms with Gasteiger partial charge in [0, 0.05) is 32.5 Å². The Morgan fingerprint density at radius 3 is 2.81 bits per heavy atom. The van der Waals surface area contributed by atoms with Crippen LogP contribution in [0.1, 0.15) is 11.1 Å². The first-order valence-electron chi connectivity index (χ1n) is 6.78. The van der Waals surface area contributed by atoms with Gasteiger partial charge in [0.2, 0.25) is 0 Å². The normalized spacial score (nSPS) is 10.6. The van der Waals surface area contributed by atoms with Gasteiger partial charge in [0.05, 0.1) is 12.3 Å². The van der Waals surface area contributed by atoms with Gasteiger partial charge in [0.15, 0.2) is 0 Å². The Kier molecular flexibility index (Phi) is 5.11. The Labute approximate surface area is 123 Å². The molecule has 0 saturated carbocycles. The minimum Gasteiger partial charge on any atom is -0.383 e. The summed E-state index contributed by atoms with van der Waals surface area (Å²) in [4.78, 5) is 11.7. The van der Waals surface area contributed by atoms with Crippen LogP contribution in [0.15, 0.2) is 41.3 Å². The van der Waals surface area contributed by atoms with Crippen molar-refractivity contribution in [2.75, 3.05) is 19.0 Å². The summed E-state index contributed by atoms with van der Waals surface area (Å²) in [5, 5.41) is 3.18. The fraction of sp³-hybridized carbons (Fsp3) is 0.312. The van der Waals surface area contributed by atoms with Gasteiger partial charge in [-0.3, -0.25) is 4.79 Å². The van der Waals surface area contributed by atoms with E-state index in [2.05, 4.69) is 5.32 Å². The Hall–Kier alpha value is -2.14. The number of halogens is 1. The zero-order valence-corrected chi connectivity index (χ0v) is 12.2. The van der Waals surface area contributed by atoms with Gasteiger partial charge < -0.3 is 14.6 Å². The molecule has 1 aromatic carbocycles. The smallest absolute Gasteiger partial charge is 0.250 e. The van der Waals surface area contributed by atoms with Crippen LogP contribution in [0.4, 0.5) is 10.1 Å². The first-order valence-corrected chi connectivity index (χ1v) is 6.78. The van der Waals surface area contributed by atoms with E-state index in [1.54, 1.807) is 36.9 Å². The van der Waals surface area contributed by atoms with E-state index < -0.39 is 0 Å². The van der Waals surface area contributed by atoms with Crippen molar-refractivity contribution < 1.29 is 9.13 Å². The molecular weight excluding hydrogens is 271 g/mol. The minimum absolute atomic E-state index is 0.0704. The van der Waals surface area contributed by atoms with Crippen LogP contribution in [-0.4, -0.2) is 18.3 Å². The standard InChI is InChI=1S/C16H19FN2O2/c1-12-3-4-13(9-15(12)17)10-18-14-5-6-16(20)19(11-14)7-8-21-2/h3-6,9,11,18H,7-8,10H2,1-2H3. The number of methoxy groups -OCH3 is 1. The molecule has 0 aliphatic carbocycles. The average Bonchev–Trinajstić information content (AvgIpc) is 2.48. The quantitative estimate of drug-likeness (QED) is 0.889. The maximum atomic E-state index is 13.5. The third kappa shape index (κ3) is 4.16. The number of anilines is 1. The van der Waals surface area contributed by atoms with Gasteiger partial charge in [0.1, 0.15) is 5.82 Å². The minimum atomic E-state index is -0.209. The van der Waals surface area contributed by atoms with Crippen molar-refractivity contribution in [3.63, 3.8) is 0 Å². The lowest BCUT2D eigenvalue weighted by Crippen LogP contribution is -2.21. The molecule has 0 bridgehead atoms. The van der Waals surface area contributed by atoms with E-state index in [1.165, 1.54) is 12.1 Å². The summed E-state index contributed by atoms with van der Waals surface area (Å²) in [7, 11) is 1.60. The van der Waals surface area contributed by atoms with Gasteiger partial charge in [-0.05, 0) is 30.2 Å². The van der Waals surface area contributed by atoms with E-state index in [0.717, 1.165) is 11.3 Å². The van der Waals surface area contributed by atoms with Gasteiger partial charge in [-0.1, -0.05) is 12.1 Å². The van der Waals surface area contributed by atoms with E-state index in [0.29, 0.717) is 25.3 Å². The number of benzene rings is 1. The van der Waals surface area contributed by atoms with Gasteiger partial charge in [-0.15, -0.1) is 0 Å². The van der Waals surface area contributed by atoms with Crippen molar-refractivity contribution in [3.8, 4) is 0 Å². The summed E-state index contributed by atoms with van der Waals surface area (Å²) in [5.41, 5.74) is 2.23. The lowest BCUT2D eigenvalue weighted by Gasteiger charge is -2.10. The number of hydrogen-bond acceptors (Lipinski definition) is 3. The Morgan fingerprint density at radius 2 is 2.10 bits per heavy atom. The highest BCUT2D eigenvalue weighted by atomic mass is 19.1. The number of pyridine rings is 1. The zero-order chi connectivity index (χ0) is 15.2. The fourth-order valence-electron chi connectivity index (χ4n) is 1.95. The Bertz CT molecular complexity index is 668. The highest BCUT2D eigenvalue weighted by Crippen LogP contribution is 2.11. The molecule has 0 radical (unpaired) electrons. The molecule has 1 N–H and O–H groups in total. The molecule has 1 aromatic heterocycles. The summed E-state index contributed by atoms with van der Waals surface area (Å²) < 4.78 is 20.0. The number of ether oxygens (including phenoxy) is 1. The van der Waals surface area contributed by atoms with Crippen LogP contribution in [0, 0.1) is 12.7 Å². The number of hydrogen-bond donors (Lipinski definition) is 1. The summed E-state index contributed by atoms with van der Waals surface area (Å²) >= 11 is 0. The van der Waals surface area contributed by atoms with Crippen molar-refractivity contribution in [3.05, 3.63) is 63.8 Å².